The highest BCUT2D eigenvalue weighted by atomic mass is 15.5. The second kappa shape index (κ2) is 5.85. The predicted molar refractivity (Wildman–Crippen MR) is 65.3 cm³/mol. The molecule has 1 saturated heterocycles. The van der Waals surface area contributed by atoms with E-state index < -0.39 is 0 Å². The summed E-state index contributed by atoms with van der Waals surface area (Å²) < 4.78 is 0. The van der Waals surface area contributed by atoms with Crippen LogP contribution in [-0.4, -0.2) is 54.3 Å². The molecule has 0 saturated carbocycles. The third-order valence-electron chi connectivity index (χ3n) is 2.53. The van der Waals surface area contributed by atoms with Gasteiger partial charge in [-0.1, -0.05) is 18.2 Å². The molecule has 1 heterocycles. The van der Waals surface area contributed by atoms with Crippen molar-refractivity contribution in [2.75, 3.05) is 33.5 Å². The monoisotopic (exact) mass is 207 g/mol. The molecule has 1 aliphatic rings. The van der Waals surface area contributed by atoms with Gasteiger partial charge in [0.15, 0.2) is 0 Å². The fraction of sp³-hybridized carbons (Fsp3) is 0.500. The smallest absolute Gasteiger partial charge is 0.0838 e. The largest absolute Gasteiger partial charge is 0.280 e. The first kappa shape index (κ1) is 12.2. The Morgan fingerprint density at radius 1 is 1.07 bits per heavy atom. The maximum absolute atomic E-state index is 3.90. The van der Waals surface area contributed by atoms with Crippen LogP contribution in [0.25, 0.3) is 0 Å². The van der Waals surface area contributed by atoms with Crippen LogP contribution in [0.3, 0.4) is 0 Å². The van der Waals surface area contributed by atoms with Crippen molar-refractivity contribution >= 4 is 0 Å². The van der Waals surface area contributed by atoms with E-state index in [9.17, 15) is 0 Å². The van der Waals surface area contributed by atoms with Crippen LogP contribution in [-0.2, 0) is 0 Å². The molecule has 3 heteroatoms. The molecule has 0 atom stereocenters. The number of rotatable bonds is 5. The summed E-state index contributed by atoms with van der Waals surface area (Å²) in [5.74, 6) is 0. The lowest BCUT2D eigenvalue weighted by molar-refractivity contribution is -0.0407. The van der Waals surface area contributed by atoms with Gasteiger partial charge in [0.05, 0.1) is 19.5 Å². The highest BCUT2D eigenvalue weighted by molar-refractivity contribution is 4.94. The zero-order chi connectivity index (χ0) is 11.3. The molecule has 3 nitrogen and oxygen atoms in total. The lowest BCUT2D eigenvalue weighted by Gasteiger charge is -2.45. The second-order valence-electron chi connectivity index (χ2n) is 3.91. The Bertz CT molecular complexity index is 217. The summed E-state index contributed by atoms with van der Waals surface area (Å²) in [7, 11) is 2.12. The average Bonchev–Trinajstić information content (AvgIpc) is 2.18. The fourth-order valence-corrected chi connectivity index (χ4v) is 2.02. The molecular weight excluding hydrogens is 186 g/mol. The van der Waals surface area contributed by atoms with Gasteiger partial charge in [-0.25, -0.2) is 0 Å². The highest BCUT2D eigenvalue weighted by Gasteiger charge is 2.27. The van der Waals surface area contributed by atoms with Crippen molar-refractivity contribution < 1.29 is 0 Å². The molecule has 84 valence electrons. The molecule has 0 unspecified atom stereocenters. The summed E-state index contributed by atoms with van der Waals surface area (Å²) in [4.78, 5) is 6.92. The summed E-state index contributed by atoms with van der Waals surface area (Å²) in [5.41, 5.74) is 0. The van der Waals surface area contributed by atoms with Gasteiger partial charge in [0.2, 0.25) is 0 Å². The van der Waals surface area contributed by atoms with E-state index in [0.29, 0.717) is 0 Å². The molecule has 15 heavy (non-hydrogen) atoms. The van der Waals surface area contributed by atoms with Crippen molar-refractivity contribution in [1.29, 1.82) is 0 Å². The quantitative estimate of drug-likeness (QED) is 0.630. The van der Waals surface area contributed by atoms with Crippen LogP contribution < -0.4 is 0 Å². The van der Waals surface area contributed by atoms with Crippen molar-refractivity contribution in [2.45, 2.75) is 6.17 Å². The molecule has 1 aliphatic heterocycles. The average molecular weight is 207 g/mol. The number of nitrogens with zero attached hydrogens (tertiary/aromatic N) is 3. The SMILES string of the molecule is C=CCN1CN(C)CN(CC=C)C1C=C. The molecule has 0 bridgehead atoms. The summed E-state index contributed by atoms with van der Waals surface area (Å²) in [5, 5.41) is 0. The van der Waals surface area contributed by atoms with Crippen molar-refractivity contribution in [1.82, 2.24) is 14.7 Å². The molecule has 1 rings (SSSR count). The van der Waals surface area contributed by atoms with E-state index in [1.165, 1.54) is 0 Å². The minimum absolute atomic E-state index is 0.289. The molecule has 1 fully saturated rings. The molecule has 0 aliphatic carbocycles. The standard InChI is InChI=1S/C12H21N3/c1-5-8-14-10-13(4)11-15(9-6-2)12(14)7-3/h5-7,12H,1-3,8-11H2,4H3. The second-order valence-corrected chi connectivity index (χ2v) is 3.91. The first-order valence-corrected chi connectivity index (χ1v) is 5.24. The van der Waals surface area contributed by atoms with Crippen molar-refractivity contribution in [3.8, 4) is 0 Å². The van der Waals surface area contributed by atoms with E-state index in [1.54, 1.807) is 0 Å². The van der Waals surface area contributed by atoms with Gasteiger partial charge in [0.1, 0.15) is 0 Å². The third-order valence-corrected chi connectivity index (χ3v) is 2.53. The van der Waals surface area contributed by atoms with E-state index in [0.717, 1.165) is 26.4 Å². The molecule has 0 N–H and O–H groups in total. The van der Waals surface area contributed by atoms with E-state index in [-0.39, 0.29) is 6.17 Å². The lowest BCUT2D eigenvalue weighted by atomic mass is 10.3. The van der Waals surface area contributed by atoms with Crippen LogP contribution >= 0.6 is 0 Å². The van der Waals surface area contributed by atoms with Crippen LogP contribution in [0.2, 0.25) is 0 Å². The van der Waals surface area contributed by atoms with E-state index in [2.05, 4.69) is 41.5 Å². The van der Waals surface area contributed by atoms with Crippen LogP contribution in [0.5, 0.6) is 0 Å². The van der Waals surface area contributed by atoms with Gasteiger partial charge in [-0.15, -0.1) is 19.7 Å². The first-order valence-electron chi connectivity index (χ1n) is 5.24. The molecule has 0 amide bonds. The predicted octanol–water partition coefficient (Wildman–Crippen LogP) is 1.33. The number of hydrogen-bond acceptors (Lipinski definition) is 3. The maximum atomic E-state index is 3.90. The number of hydrogen-bond donors (Lipinski definition) is 0. The molecule has 0 aromatic heterocycles. The van der Waals surface area contributed by atoms with Gasteiger partial charge < -0.3 is 0 Å². The van der Waals surface area contributed by atoms with Gasteiger partial charge in [0, 0.05) is 13.1 Å². The van der Waals surface area contributed by atoms with Crippen LogP contribution in [0.4, 0.5) is 0 Å². The molecule has 0 radical (unpaired) electrons. The zero-order valence-corrected chi connectivity index (χ0v) is 9.60. The van der Waals surface area contributed by atoms with Gasteiger partial charge in [-0.05, 0) is 7.05 Å². The van der Waals surface area contributed by atoms with Crippen LogP contribution in [0, 0.1) is 0 Å². The van der Waals surface area contributed by atoms with Gasteiger partial charge >= 0.3 is 0 Å². The summed E-state index contributed by atoms with van der Waals surface area (Å²) in [6.45, 7) is 15.2. The van der Waals surface area contributed by atoms with Crippen molar-refractivity contribution in [3.63, 3.8) is 0 Å². The van der Waals surface area contributed by atoms with Crippen molar-refractivity contribution in [2.24, 2.45) is 0 Å². The zero-order valence-electron chi connectivity index (χ0n) is 9.60. The highest BCUT2D eigenvalue weighted by Crippen LogP contribution is 2.14. The van der Waals surface area contributed by atoms with E-state index in [4.69, 9.17) is 0 Å². The summed E-state index contributed by atoms with van der Waals surface area (Å²) >= 11 is 0. The summed E-state index contributed by atoms with van der Waals surface area (Å²) in [6, 6.07) is 0. The Kier molecular flexibility index (Phi) is 4.75. The normalized spacial score (nSPS) is 21.4. The van der Waals surface area contributed by atoms with Crippen LogP contribution in [0.15, 0.2) is 38.0 Å². The summed E-state index contributed by atoms with van der Waals surface area (Å²) in [6.07, 6.45) is 6.14. The van der Waals surface area contributed by atoms with Crippen molar-refractivity contribution in [3.05, 3.63) is 38.0 Å². The Morgan fingerprint density at radius 2 is 1.53 bits per heavy atom. The minimum atomic E-state index is 0.289. The Morgan fingerprint density at radius 3 is 1.87 bits per heavy atom. The van der Waals surface area contributed by atoms with Crippen LogP contribution in [0.1, 0.15) is 0 Å². The Hall–Kier alpha value is -0.900. The first-order chi connectivity index (χ1) is 7.22. The fourth-order valence-electron chi connectivity index (χ4n) is 2.02. The van der Waals surface area contributed by atoms with Gasteiger partial charge in [0.25, 0.3) is 0 Å². The Balaban J connectivity index is 2.72. The minimum Gasteiger partial charge on any atom is -0.280 e. The van der Waals surface area contributed by atoms with E-state index >= 15 is 0 Å². The van der Waals surface area contributed by atoms with E-state index in [1.807, 2.05) is 18.2 Å². The maximum Gasteiger partial charge on any atom is 0.0838 e. The molecule has 0 aromatic rings. The van der Waals surface area contributed by atoms with Gasteiger partial charge in [-0.3, -0.25) is 14.7 Å². The topological polar surface area (TPSA) is 9.72 Å². The lowest BCUT2D eigenvalue weighted by Crippen LogP contribution is -2.59. The third kappa shape index (κ3) is 3.02. The molecular formula is C12H21N3. The molecule has 0 aromatic carbocycles. The molecule has 0 spiro atoms. The van der Waals surface area contributed by atoms with Gasteiger partial charge in [-0.2, -0.15) is 0 Å². The Labute approximate surface area is 93.0 Å².